The van der Waals surface area contributed by atoms with Gasteiger partial charge >= 0.3 is 5.97 Å². The Morgan fingerprint density at radius 2 is 2.07 bits per heavy atom. The fraction of sp³-hybridized carbons (Fsp3) is 0.364. The van der Waals surface area contributed by atoms with E-state index >= 15 is 0 Å². The smallest absolute Gasteiger partial charge is 0.340 e. The van der Waals surface area contributed by atoms with Crippen LogP contribution in [0.1, 0.15) is 18.4 Å². The molecule has 14 heavy (non-hydrogen) atoms. The van der Waals surface area contributed by atoms with E-state index in [4.69, 9.17) is 4.74 Å². The average molecular weight is 192 g/mol. The van der Waals surface area contributed by atoms with E-state index < -0.39 is 11.6 Å². The molecule has 0 unspecified atom stereocenters. The number of rotatable bonds is 2. The van der Waals surface area contributed by atoms with Crippen LogP contribution in [0.4, 0.5) is 0 Å². The lowest BCUT2D eigenvalue weighted by Gasteiger charge is -2.23. The van der Waals surface area contributed by atoms with E-state index in [1.54, 1.807) is 12.1 Å². The SMILES string of the molecule is O=C(O)[C@]1(c2ccccc2)CCCO1. The summed E-state index contributed by atoms with van der Waals surface area (Å²) in [6, 6.07) is 9.15. The molecule has 0 bridgehead atoms. The first kappa shape index (κ1) is 9.21. The fourth-order valence-electron chi connectivity index (χ4n) is 1.87. The Morgan fingerprint density at radius 1 is 1.36 bits per heavy atom. The van der Waals surface area contributed by atoms with Crippen LogP contribution < -0.4 is 0 Å². The number of hydrogen-bond acceptors (Lipinski definition) is 2. The van der Waals surface area contributed by atoms with E-state index in [1.807, 2.05) is 18.2 Å². The summed E-state index contributed by atoms with van der Waals surface area (Å²) in [4.78, 5) is 11.2. The third kappa shape index (κ3) is 1.30. The van der Waals surface area contributed by atoms with Crippen LogP contribution in [-0.4, -0.2) is 17.7 Å². The van der Waals surface area contributed by atoms with Crippen molar-refractivity contribution >= 4 is 5.97 Å². The molecule has 0 radical (unpaired) electrons. The summed E-state index contributed by atoms with van der Waals surface area (Å²) in [6.45, 7) is 0.529. The van der Waals surface area contributed by atoms with Crippen LogP contribution >= 0.6 is 0 Å². The van der Waals surface area contributed by atoms with Crippen molar-refractivity contribution in [2.75, 3.05) is 6.61 Å². The van der Waals surface area contributed by atoms with Gasteiger partial charge in [0.2, 0.25) is 0 Å². The maximum atomic E-state index is 11.2. The summed E-state index contributed by atoms with van der Waals surface area (Å²) in [7, 11) is 0. The van der Waals surface area contributed by atoms with Gasteiger partial charge < -0.3 is 9.84 Å². The second-order valence-corrected chi connectivity index (χ2v) is 3.45. The number of carbonyl (C=O) groups is 1. The van der Waals surface area contributed by atoms with Crippen molar-refractivity contribution in [1.29, 1.82) is 0 Å². The molecule has 0 aromatic heterocycles. The van der Waals surface area contributed by atoms with Gasteiger partial charge in [-0.1, -0.05) is 30.3 Å². The molecule has 1 N–H and O–H groups in total. The van der Waals surface area contributed by atoms with Crippen molar-refractivity contribution in [1.82, 2.24) is 0 Å². The minimum absolute atomic E-state index is 0.529. The predicted octanol–water partition coefficient (Wildman–Crippen LogP) is 1.78. The highest BCUT2D eigenvalue weighted by Crippen LogP contribution is 2.36. The highest BCUT2D eigenvalue weighted by Gasteiger charge is 2.44. The van der Waals surface area contributed by atoms with Crippen molar-refractivity contribution in [3.8, 4) is 0 Å². The Labute approximate surface area is 82.3 Å². The van der Waals surface area contributed by atoms with Gasteiger partial charge in [0.1, 0.15) is 0 Å². The summed E-state index contributed by atoms with van der Waals surface area (Å²) in [5, 5.41) is 9.19. The second-order valence-electron chi connectivity index (χ2n) is 3.45. The highest BCUT2D eigenvalue weighted by atomic mass is 16.5. The molecular weight excluding hydrogens is 180 g/mol. The molecule has 0 saturated carbocycles. The molecule has 3 heteroatoms. The van der Waals surface area contributed by atoms with Gasteiger partial charge in [-0.05, 0) is 18.4 Å². The first-order valence-corrected chi connectivity index (χ1v) is 4.68. The number of benzene rings is 1. The maximum Gasteiger partial charge on any atom is 0.340 e. The molecule has 3 nitrogen and oxygen atoms in total. The minimum Gasteiger partial charge on any atom is -0.479 e. The Bertz CT molecular complexity index is 326. The first-order valence-electron chi connectivity index (χ1n) is 4.68. The van der Waals surface area contributed by atoms with Gasteiger partial charge in [-0.2, -0.15) is 0 Å². The molecule has 74 valence electrons. The van der Waals surface area contributed by atoms with Crippen LogP contribution in [0.15, 0.2) is 30.3 Å². The summed E-state index contributed by atoms with van der Waals surface area (Å²) in [6.07, 6.45) is 1.37. The Balaban J connectivity index is 2.42. The monoisotopic (exact) mass is 192 g/mol. The second kappa shape index (κ2) is 3.42. The topological polar surface area (TPSA) is 46.5 Å². The molecule has 0 amide bonds. The lowest BCUT2D eigenvalue weighted by Crippen LogP contribution is -2.34. The molecule has 1 saturated heterocycles. The first-order chi connectivity index (χ1) is 6.76. The number of carboxylic acid groups (broad SMARTS) is 1. The van der Waals surface area contributed by atoms with E-state index in [1.165, 1.54) is 0 Å². The molecule has 1 aliphatic heterocycles. The van der Waals surface area contributed by atoms with Crippen LogP contribution in [0.25, 0.3) is 0 Å². The zero-order chi connectivity index (χ0) is 10.0. The molecule has 2 rings (SSSR count). The quantitative estimate of drug-likeness (QED) is 0.776. The lowest BCUT2D eigenvalue weighted by molar-refractivity contribution is -0.161. The van der Waals surface area contributed by atoms with Crippen molar-refractivity contribution in [2.45, 2.75) is 18.4 Å². The third-order valence-electron chi connectivity index (χ3n) is 2.61. The molecular formula is C11H12O3. The normalized spacial score (nSPS) is 26.3. The van der Waals surface area contributed by atoms with Crippen molar-refractivity contribution in [2.24, 2.45) is 0 Å². The van der Waals surface area contributed by atoms with Gasteiger partial charge in [-0.25, -0.2) is 4.79 Å². The van der Waals surface area contributed by atoms with Gasteiger partial charge in [0.15, 0.2) is 5.60 Å². The number of hydrogen-bond donors (Lipinski definition) is 1. The third-order valence-corrected chi connectivity index (χ3v) is 2.61. The summed E-state index contributed by atoms with van der Waals surface area (Å²) in [5.41, 5.74) is -0.355. The van der Waals surface area contributed by atoms with Crippen molar-refractivity contribution in [3.05, 3.63) is 35.9 Å². The van der Waals surface area contributed by atoms with Crippen LogP contribution in [0.5, 0.6) is 0 Å². The van der Waals surface area contributed by atoms with Crippen LogP contribution in [0.2, 0.25) is 0 Å². The number of ether oxygens (including phenoxy) is 1. The fourth-order valence-corrected chi connectivity index (χ4v) is 1.87. The maximum absolute atomic E-state index is 11.2. The van der Waals surface area contributed by atoms with E-state index in [-0.39, 0.29) is 0 Å². The zero-order valence-electron chi connectivity index (χ0n) is 7.77. The summed E-state index contributed by atoms with van der Waals surface area (Å²) < 4.78 is 5.39. The van der Waals surface area contributed by atoms with Crippen molar-refractivity contribution in [3.63, 3.8) is 0 Å². The predicted molar refractivity (Wildman–Crippen MR) is 50.9 cm³/mol. The molecule has 1 atom stereocenters. The Kier molecular flexibility index (Phi) is 2.25. The molecule has 0 aliphatic carbocycles. The molecule has 1 heterocycles. The molecule has 0 spiro atoms. The van der Waals surface area contributed by atoms with Gasteiger partial charge in [-0.15, -0.1) is 0 Å². The van der Waals surface area contributed by atoms with Gasteiger partial charge in [0.25, 0.3) is 0 Å². The van der Waals surface area contributed by atoms with Crippen LogP contribution in [0, 0.1) is 0 Å². The number of carboxylic acids is 1. The van der Waals surface area contributed by atoms with E-state index in [0.717, 1.165) is 12.0 Å². The number of aliphatic carboxylic acids is 1. The standard InChI is InChI=1S/C11H12O3/c12-10(13)11(7-4-8-14-11)9-5-2-1-3-6-9/h1-3,5-6H,4,7-8H2,(H,12,13)/t11-/m1/s1. The van der Waals surface area contributed by atoms with Gasteiger partial charge in [0.05, 0.1) is 0 Å². The minimum atomic E-state index is -1.10. The van der Waals surface area contributed by atoms with Gasteiger partial charge in [0, 0.05) is 6.61 Å². The summed E-state index contributed by atoms with van der Waals surface area (Å²) in [5.74, 6) is -0.888. The highest BCUT2D eigenvalue weighted by molar-refractivity contribution is 5.79. The zero-order valence-corrected chi connectivity index (χ0v) is 7.77. The molecule has 1 aromatic rings. The largest absolute Gasteiger partial charge is 0.479 e. The Morgan fingerprint density at radius 3 is 2.57 bits per heavy atom. The lowest BCUT2D eigenvalue weighted by atomic mass is 9.91. The van der Waals surface area contributed by atoms with E-state index in [0.29, 0.717) is 13.0 Å². The molecule has 1 aliphatic rings. The molecule has 1 fully saturated rings. The summed E-state index contributed by atoms with van der Waals surface area (Å²) >= 11 is 0. The van der Waals surface area contributed by atoms with Gasteiger partial charge in [-0.3, -0.25) is 0 Å². The Hall–Kier alpha value is -1.35. The van der Waals surface area contributed by atoms with Crippen LogP contribution in [0.3, 0.4) is 0 Å². The molecule has 1 aromatic carbocycles. The van der Waals surface area contributed by atoms with E-state index in [9.17, 15) is 9.90 Å². The van der Waals surface area contributed by atoms with E-state index in [2.05, 4.69) is 0 Å². The van der Waals surface area contributed by atoms with Crippen LogP contribution in [-0.2, 0) is 15.1 Å². The van der Waals surface area contributed by atoms with Crippen molar-refractivity contribution < 1.29 is 14.6 Å². The average Bonchev–Trinajstić information content (AvgIpc) is 2.69.